The topological polar surface area (TPSA) is 73.4 Å². The molecule has 7 heteroatoms. The normalized spacial score (nSPS) is 23.8. The average molecular weight is 421 g/mol. The Morgan fingerprint density at radius 1 is 1.13 bits per heavy atom. The zero-order valence-corrected chi connectivity index (χ0v) is 18.5. The molecule has 0 amide bonds. The Bertz CT molecular complexity index is 934. The van der Waals surface area contributed by atoms with Crippen LogP contribution in [0.2, 0.25) is 0 Å². The van der Waals surface area contributed by atoms with Crippen molar-refractivity contribution in [1.82, 2.24) is 15.3 Å². The molecule has 31 heavy (non-hydrogen) atoms. The summed E-state index contributed by atoms with van der Waals surface area (Å²) >= 11 is 0. The standard InChI is InChI=1S/C24H32N6O/c1-16-21-15-26-24(27-18-7-9-19(10-8-18)29-13-11-25-12-14-29)28-23(21)30(22(16)17(2)31)20-5-3-4-6-20/h7-10,15-16,20,22,25H,3-6,11-14H2,1-2H3,(H,26,27,28). The lowest BCUT2D eigenvalue weighted by atomic mass is 9.96. The quantitative estimate of drug-likeness (QED) is 0.767. The smallest absolute Gasteiger partial charge is 0.229 e. The van der Waals surface area contributed by atoms with Crippen LogP contribution in [0.5, 0.6) is 0 Å². The number of anilines is 4. The second-order valence-electron chi connectivity index (χ2n) is 9.07. The van der Waals surface area contributed by atoms with Crippen LogP contribution in [0.15, 0.2) is 30.5 Å². The highest BCUT2D eigenvalue weighted by Crippen LogP contribution is 2.44. The molecular formula is C24H32N6O. The van der Waals surface area contributed by atoms with E-state index in [4.69, 9.17) is 4.98 Å². The largest absolute Gasteiger partial charge is 0.369 e. The van der Waals surface area contributed by atoms with E-state index < -0.39 is 0 Å². The molecule has 1 saturated carbocycles. The summed E-state index contributed by atoms with van der Waals surface area (Å²) in [5, 5.41) is 6.76. The molecule has 0 radical (unpaired) electrons. The molecule has 0 bridgehead atoms. The molecule has 1 aromatic carbocycles. The number of hydrogen-bond acceptors (Lipinski definition) is 7. The van der Waals surface area contributed by atoms with Gasteiger partial charge in [-0.2, -0.15) is 4.98 Å². The number of fused-ring (bicyclic) bond motifs is 1. The van der Waals surface area contributed by atoms with E-state index in [0.29, 0.717) is 12.0 Å². The first-order valence-corrected chi connectivity index (χ1v) is 11.6. The van der Waals surface area contributed by atoms with Gasteiger partial charge in [0.25, 0.3) is 0 Å². The molecule has 164 valence electrons. The van der Waals surface area contributed by atoms with Gasteiger partial charge in [-0.05, 0) is 44.0 Å². The SMILES string of the molecule is CC(=O)C1C(C)c2cnc(Nc3ccc(N4CCNCC4)cc3)nc2N1C1CCCC1. The Kier molecular flexibility index (Phi) is 5.52. The number of Topliss-reactive ketones (excluding diaryl/α,β-unsaturated/α-hetero) is 1. The van der Waals surface area contributed by atoms with Crippen molar-refractivity contribution in [2.75, 3.05) is 41.3 Å². The van der Waals surface area contributed by atoms with Gasteiger partial charge in [0.15, 0.2) is 5.78 Å². The van der Waals surface area contributed by atoms with Crippen molar-refractivity contribution in [3.05, 3.63) is 36.0 Å². The number of rotatable bonds is 5. The third-order valence-corrected chi connectivity index (χ3v) is 7.04. The monoisotopic (exact) mass is 420 g/mol. The predicted molar refractivity (Wildman–Crippen MR) is 124 cm³/mol. The van der Waals surface area contributed by atoms with Crippen LogP contribution < -0.4 is 20.4 Å². The summed E-state index contributed by atoms with van der Waals surface area (Å²) in [5.74, 6) is 1.87. The summed E-state index contributed by atoms with van der Waals surface area (Å²) in [7, 11) is 0. The fourth-order valence-electron chi connectivity index (χ4n) is 5.45. The molecule has 3 aliphatic rings. The minimum Gasteiger partial charge on any atom is -0.369 e. The molecule has 7 nitrogen and oxygen atoms in total. The van der Waals surface area contributed by atoms with E-state index in [9.17, 15) is 4.79 Å². The van der Waals surface area contributed by atoms with Crippen molar-refractivity contribution in [1.29, 1.82) is 0 Å². The number of benzene rings is 1. The fraction of sp³-hybridized carbons (Fsp3) is 0.542. The van der Waals surface area contributed by atoms with Gasteiger partial charge in [0.05, 0.1) is 6.04 Å². The van der Waals surface area contributed by atoms with E-state index >= 15 is 0 Å². The van der Waals surface area contributed by atoms with Gasteiger partial charge in [0, 0.05) is 61.3 Å². The molecule has 2 N–H and O–H groups in total. The van der Waals surface area contributed by atoms with Gasteiger partial charge in [-0.15, -0.1) is 0 Å². The minimum atomic E-state index is -0.124. The Hall–Kier alpha value is -2.67. The summed E-state index contributed by atoms with van der Waals surface area (Å²) in [5.41, 5.74) is 3.31. The van der Waals surface area contributed by atoms with Crippen LogP contribution in [0.4, 0.5) is 23.1 Å². The lowest BCUT2D eigenvalue weighted by molar-refractivity contribution is -0.118. The van der Waals surface area contributed by atoms with Crippen molar-refractivity contribution < 1.29 is 4.79 Å². The fourth-order valence-corrected chi connectivity index (χ4v) is 5.45. The van der Waals surface area contributed by atoms with E-state index in [1.54, 1.807) is 6.92 Å². The number of hydrogen-bond donors (Lipinski definition) is 2. The van der Waals surface area contributed by atoms with Crippen LogP contribution in [0, 0.1) is 0 Å². The maximum absolute atomic E-state index is 12.5. The number of nitrogens with zero attached hydrogens (tertiary/aromatic N) is 4. The highest BCUT2D eigenvalue weighted by atomic mass is 16.1. The van der Waals surface area contributed by atoms with Gasteiger partial charge in [-0.1, -0.05) is 19.8 Å². The van der Waals surface area contributed by atoms with Crippen LogP contribution in [-0.2, 0) is 4.79 Å². The number of aromatic nitrogens is 2. The molecule has 1 aliphatic carbocycles. The van der Waals surface area contributed by atoms with Crippen molar-refractivity contribution in [3.63, 3.8) is 0 Å². The average Bonchev–Trinajstić information content (AvgIpc) is 3.41. The van der Waals surface area contributed by atoms with Crippen molar-refractivity contribution in [2.45, 2.75) is 57.5 Å². The highest BCUT2D eigenvalue weighted by Gasteiger charge is 2.44. The third-order valence-electron chi connectivity index (χ3n) is 7.04. The highest BCUT2D eigenvalue weighted by molar-refractivity contribution is 5.89. The second-order valence-corrected chi connectivity index (χ2v) is 9.07. The summed E-state index contributed by atoms with van der Waals surface area (Å²) in [6, 6.07) is 8.76. The molecule has 0 spiro atoms. The Morgan fingerprint density at radius 3 is 2.52 bits per heavy atom. The van der Waals surface area contributed by atoms with Gasteiger partial charge in [-0.3, -0.25) is 4.79 Å². The van der Waals surface area contributed by atoms with Crippen LogP contribution in [0.3, 0.4) is 0 Å². The minimum absolute atomic E-state index is 0.124. The van der Waals surface area contributed by atoms with Crippen LogP contribution in [0.25, 0.3) is 0 Å². The Balaban J connectivity index is 1.38. The summed E-state index contributed by atoms with van der Waals surface area (Å²) in [6.07, 6.45) is 6.64. The maximum atomic E-state index is 12.5. The van der Waals surface area contributed by atoms with Crippen molar-refractivity contribution in [3.8, 4) is 0 Å². The Morgan fingerprint density at radius 2 is 1.84 bits per heavy atom. The van der Waals surface area contributed by atoms with Gasteiger partial charge < -0.3 is 20.4 Å². The van der Waals surface area contributed by atoms with Crippen molar-refractivity contribution >= 4 is 28.9 Å². The lowest BCUT2D eigenvalue weighted by Crippen LogP contribution is -2.44. The number of carbonyl (C=O) groups excluding carboxylic acids is 1. The van der Waals surface area contributed by atoms with Crippen molar-refractivity contribution in [2.24, 2.45) is 0 Å². The number of ketones is 1. The second kappa shape index (κ2) is 8.46. The molecular weight excluding hydrogens is 388 g/mol. The molecule has 1 aromatic heterocycles. The first kappa shape index (κ1) is 20.2. The van der Waals surface area contributed by atoms with Gasteiger partial charge >= 0.3 is 0 Å². The molecule has 3 heterocycles. The summed E-state index contributed by atoms with van der Waals surface area (Å²) in [4.78, 5) is 26.7. The molecule has 1 saturated heterocycles. The van der Waals surface area contributed by atoms with Gasteiger partial charge in [0.2, 0.25) is 5.95 Å². The van der Waals surface area contributed by atoms with Crippen LogP contribution in [-0.4, -0.2) is 54.0 Å². The van der Waals surface area contributed by atoms with Gasteiger partial charge in [0.1, 0.15) is 5.82 Å². The Labute approximate surface area is 184 Å². The predicted octanol–water partition coefficient (Wildman–Crippen LogP) is 3.45. The van der Waals surface area contributed by atoms with E-state index in [0.717, 1.165) is 56.1 Å². The van der Waals surface area contributed by atoms with E-state index in [2.05, 4.69) is 56.6 Å². The van der Waals surface area contributed by atoms with E-state index in [1.165, 1.54) is 18.5 Å². The van der Waals surface area contributed by atoms with Gasteiger partial charge in [-0.25, -0.2) is 4.98 Å². The number of carbonyl (C=O) groups is 1. The molecule has 2 fully saturated rings. The first-order chi connectivity index (χ1) is 15.1. The molecule has 2 unspecified atom stereocenters. The number of nitrogens with one attached hydrogen (secondary N) is 2. The molecule has 2 aliphatic heterocycles. The zero-order valence-electron chi connectivity index (χ0n) is 18.5. The van der Waals surface area contributed by atoms with E-state index in [1.807, 2.05) is 6.20 Å². The molecule has 2 atom stereocenters. The maximum Gasteiger partial charge on any atom is 0.229 e. The van der Waals surface area contributed by atoms with E-state index in [-0.39, 0.29) is 17.7 Å². The van der Waals surface area contributed by atoms with Crippen LogP contribution >= 0.6 is 0 Å². The lowest BCUT2D eigenvalue weighted by Gasteiger charge is -2.32. The molecule has 2 aromatic rings. The first-order valence-electron chi connectivity index (χ1n) is 11.6. The summed E-state index contributed by atoms with van der Waals surface area (Å²) in [6.45, 7) is 7.97. The van der Waals surface area contributed by atoms with Crippen LogP contribution in [0.1, 0.15) is 51.0 Å². The summed E-state index contributed by atoms with van der Waals surface area (Å²) < 4.78 is 0. The molecule has 5 rings (SSSR count). The third kappa shape index (κ3) is 3.87. The number of piperazine rings is 1. The zero-order chi connectivity index (χ0) is 21.4.